The van der Waals surface area contributed by atoms with Gasteiger partial charge in [0.2, 0.25) is 0 Å². The summed E-state index contributed by atoms with van der Waals surface area (Å²) >= 11 is 0. The Balaban J connectivity index is 1.42. The Morgan fingerprint density at radius 2 is 1.89 bits per heavy atom. The van der Waals surface area contributed by atoms with Crippen LogP contribution in [0.15, 0.2) is 12.7 Å². The van der Waals surface area contributed by atoms with Gasteiger partial charge in [-0.3, -0.25) is 14.2 Å². The first-order chi connectivity index (χ1) is 16.9. The molecule has 192 valence electrons. The van der Waals surface area contributed by atoms with Gasteiger partial charge in [0, 0.05) is 25.3 Å². The molecule has 0 amide bonds. The summed E-state index contributed by atoms with van der Waals surface area (Å²) in [4.78, 5) is 36.5. The topological polar surface area (TPSA) is 158 Å². The van der Waals surface area contributed by atoms with Crippen molar-refractivity contribution in [1.82, 2.24) is 19.5 Å². The minimum Gasteiger partial charge on any atom is -0.463 e. The summed E-state index contributed by atoms with van der Waals surface area (Å²) in [5.74, 6) is -0.0264. The number of aliphatic hydroxyl groups excluding tert-OH is 2. The molecule has 6 atom stereocenters. The van der Waals surface area contributed by atoms with Gasteiger partial charge in [-0.25, -0.2) is 15.0 Å². The van der Waals surface area contributed by atoms with E-state index in [1.165, 1.54) is 17.2 Å². The third kappa shape index (κ3) is 5.71. The lowest BCUT2D eigenvalue weighted by Gasteiger charge is -2.17. The van der Waals surface area contributed by atoms with Crippen LogP contribution in [0, 0.1) is 0 Å². The molecule has 3 N–H and O–H groups in total. The lowest BCUT2D eigenvalue weighted by molar-refractivity contribution is -0.150. The van der Waals surface area contributed by atoms with E-state index in [1.807, 2.05) is 13.8 Å². The molecule has 2 aromatic rings. The molecule has 2 fully saturated rings. The minimum absolute atomic E-state index is 0.0648. The molecule has 1 aliphatic carbocycles. The van der Waals surface area contributed by atoms with Crippen LogP contribution >= 0.6 is 0 Å². The van der Waals surface area contributed by atoms with Crippen molar-refractivity contribution in [3.05, 3.63) is 12.7 Å². The van der Waals surface area contributed by atoms with Gasteiger partial charge in [-0.05, 0) is 25.7 Å². The summed E-state index contributed by atoms with van der Waals surface area (Å²) in [7, 11) is 0. The molecule has 0 aromatic carbocycles. The molecule has 1 aliphatic heterocycles. The van der Waals surface area contributed by atoms with Crippen molar-refractivity contribution in [3.8, 4) is 0 Å². The summed E-state index contributed by atoms with van der Waals surface area (Å²) in [6.45, 7) is 3.65. The maximum Gasteiger partial charge on any atom is 0.306 e. The number of hydrogen-bond donors (Lipinski definition) is 3. The van der Waals surface area contributed by atoms with Crippen LogP contribution in [-0.4, -0.2) is 78.7 Å². The first-order valence-electron chi connectivity index (χ1n) is 12.2. The van der Waals surface area contributed by atoms with Crippen LogP contribution in [0.4, 0.5) is 5.82 Å². The number of esters is 2. The van der Waals surface area contributed by atoms with Gasteiger partial charge in [0.15, 0.2) is 23.2 Å². The number of nitrogens with zero attached hydrogens (tertiary/aromatic N) is 4. The van der Waals surface area contributed by atoms with E-state index in [2.05, 4.69) is 20.3 Å². The second kappa shape index (κ2) is 11.3. The molecule has 0 unspecified atom stereocenters. The molecule has 1 saturated carbocycles. The predicted molar refractivity (Wildman–Crippen MR) is 123 cm³/mol. The molecule has 0 radical (unpaired) electrons. The number of ether oxygens (including phenoxy) is 3. The van der Waals surface area contributed by atoms with E-state index in [1.54, 1.807) is 0 Å². The zero-order chi connectivity index (χ0) is 24.9. The molecule has 12 nitrogen and oxygen atoms in total. The van der Waals surface area contributed by atoms with Crippen LogP contribution in [-0.2, 0) is 23.8 Å². The van der Waals surface area contributed by atoms with Crippen LogP contribution in [0.2, 0.25) is 0 Å². The Morgan fingerprint density at radius 3 is 2.66 bits per heavy atom. The van der Waals surface area contributed by atoms with Gasteiger partial charge in [0.25, 0.3) is 0 Å². The van der Waals surface area contributed by atoms with Crippen molar-refractivity contribution >= 4 is 28.9 Å². The Hall–Kier alpha value is -2.83. The number of carbonyl (C=O) groups is 2. The van der Waals surface area contributed by atoms with E-state index >= 15 is 0 Å². The Kier molecular flexibility index (Phi) is 8.14. The fourth-order valence-corrected chi connectivity index (χ4v) is 4.51. The van der Waals surface area contributed by atoms with Crippen molar-refractivity contribution in [1.29, 1.82) is 0 Å². The van der Waals surface area contributed by atoms with Crippen LogP contribution in [0.5, 0.6) is 0 Å². The second-order valence-corrected chi connectivity index (χ2v) is 9.04. The highest BCUT2D eigenvalue weighted by molar-refractivity contribution is 5.82. The maximum atomic E-state index is 11.8. The molecule has 2 aromatic heterocycles. The van der Waals surface area contributed by atoms with Gasteiger partial charge in [-0.1, -0.05) is 13.8 Å². The number of nitrogens with one attached hydrogen (secondary N) is 1. The molecular weight excluding hydrogens is 458 g/mol. The third-order valence-electron chi connectivity index (χ3n) is 6.31. The first kappa shape index (κ1) is 25.3. The van der Waals surface area contributed by atoms with E-state index in [9.17, 15) is 19.8 Å². The summed E-state index contributed by atoms with van der Waals surface area (Å²) in [6, 6.07) is 0.0648. The summed E-state index contributed by atoms with van der Waals surface area (Å²) in [6.07, 6.45) is 2.80. The van der Waals surface area contributed by atoms with Crippen molar-refractivity contribution in [2.45, 2.75) is 95.5 Å². The van der Waals surface area contributed by atoms with E-state index < -0.39 is 24.5 Å². The summed E-state index contributed by atoms with van der Waals surface area (Å²) < 4.78 is 18.0. The number of hydrogen-bond acceptors (Lipinski definition) is 11. The van der Waals surface area contributed by atoms with Gasteiger partial charge < -0.3 is 29.7 Å². The maximum absolute atomic E-state index is 11.8. The number of imidazole rings is 1. The number of aliphatic hydroxyl groups is 2. The smallest absolute Gasteiger partial charge is 0.306 e. The molecule has 0 spiro atoms. The Labute approximate surface area is 203 Å². The van der Waals surface area contributed by atoms with Gasteiger partial charge in [-0.2, -0.15) is 0 Å². The second-order valence-electron chi connectivity index (χ2n) is 9.04. The molecule has 12 heteroatoms. The van der Waals surface area contributed by atoms with Crippen LogP contribution in [0.3, 0.4) is 0 Å². The van der Waals surface area contributed by atoms with Crippen LogP contribution < -0.4 is 5.32 Å². The SMILES string of the molecule is CCCC(=O)OC[C@H]1O[C@@H](n2cnc3c(N[C@@H]4CC[C@@H](OC(=O)CCC)C4)ncnc32)[C@H](O)[C@@H]1O. The number of aromatic nitrogens is 4. The molecule has 3 heterocycles. The van der Waals surface area contributed by atoms with Gasteiger partial charge in [0.05, 0.1) is 6.33 Å². The van der Waals surface area contributed by atoms with E-state index in [-0.39, 0.29) is 37.1 Å². The van der Waals surface area contributed by atoms with Gasteiger partial charge >= 0.3 is 11.9 Å². The normalized spacial score (nSPS) is 28.3. The Bertz CT molecular complexity index is 1030. The van der Waals surface area contributed by atoms with Crippen molar-refractivity contribution < 1.29 is 34.0 Å². The third-order valence-corrected chi connectivity index (χ3v) is 6.31. The monoisotopic (exact) mass is 491 g/mol. The quantitative estimate of drug-likeness (QED) is 0.413. The van der Waals surface area contributed by atoms with Gasteiger partial charge in [-0.15, -0.1) is 0 Å². The predicted octanol–water partition coefficient (Wildman–Crippen LogP) is 1.47. The Morgan fingerprint density at radius 1 is 1.11 bits per heavy atom. The van der Waals surface area contributed by atoms with Crippen LogP contribution in [0.25, 0.3) is 11.2 Å². The van der Waals surface area contributed by atoms with E-state index in [0.717, 1.165) is 19.3 Å². The molecule has 35 heavy (non-hydrogen) atoms. The largest absolute Gasteiger partial charge is 0.463 e. The zero-order valence-electron chi connectivity index (χ0n) is 20.0. The average molecular weight is 492 g/mol. The highest BCUT2D eigenvalue weighted by Crippen LogP contribution is 2.33. The molecule has 2 aliphatic rings. The minimum atomic E-state index is -1.26. The van der Waals surface area contributed by atoms with E-state index in [0.29, 0.717) is 36.2 Å². The lowest BCUT2D eigenvalue weighted by Crippen LogP contribution is -2.34. The summed E-state index contributed by atoms with van der Waals surface area (Å²) in [5.41, 5.74) is 0.910. The van der Waals surface area contributed by atoms with Gasteiger partial charge in [0.1, 0.15) is 37.4 Å². The molecule has 0 bridgehead atoms. The highest BCUT2D eigenvalue weighted by Gasteiger charge is 2.45. The fourth-order valence-electron chi connectivity index (χ4n) is 4.51. The summed E-state index contributed by atoms with van der Waals surface area (Å²) in [5, 5.41) is 24.4. The van der Waals surface area contributed by atoms with Crippen molar-refractivity contribution in [2.75, 3.05) is 11.9 Å². The van der Waals surface area contributed by atoms with Crippen molar-refractivity contribution in [3.63, 3.8) is 0 Å². The fraction of sp³-hybridized carbons (Fsp3) is 0.696. The average Bonchev–Trinajstić information content (AvgIpc) is 3.52. The van der Waals surface area contributed by atoms with E-state index in [4.69, 9.17) is 14.2 Å². The zero-order valence-corrected chi connectivity index (χ0v) is 20.0. The number of anilines is 1. The highest BCUT2D eigenvalue weighted by atomic mass is 16.6. The lowest BCUT2D eigenvalue weighted by atomic mass is 10.1. The molecular formula is C23H33N5O7. The first-order valence-corrected chi connectivity index (χ1v) is 12.2. The number of carbonyl (C=O) groups excluding carboxylic acids is 2. The van der Waals surface area contributed by atoms with Crippen LogP contribution in [0.1, 0.15) is 65.0 Å². The molecule has 4 rings (SSSR count). The number of fused-ring (bicyclic) bond motifs is 1. The standard InChI is InChI=1S/C23H33N5O7/c1-3-5-16(29)33-10-15-19(31)20(32)23(35-15)28-12-26-18-21(24-11-25-22(18)28)27-13-7-8-14(9-13)34-17(30)6-4-2/h11-15,19-20,23,31-32H,3-10H2,1-2H3,(H,24,25,27)/t13-,14-,15-,19-,20-,23-/m1/s1. The van der Waals surface area contributed by atoms with Crippen molar-refractivity contribution in [2.24, 2.45) is 0 Å². The molecule has 1 saturated heterocycles. The number of rotatable bonds is 10.